The molecule has 0 saturated carbocycles. The van der Waals surface area contributed by atoms with Crippen molar-refractivity contribution in [3.8, 4) is 0 Å². The number of carbonyl (C=O) groups is 4. The van der Waals surface area contributed by atoms with Crippen molar-refractivity contribution in [1.29, 1.82) is 0 Å². The zero-order valence-electron chi connectivity index (χ0n) is 64.8. The molecule has 6 atom stereocenters. The summed E-state index contributed by atoms with van der Waals surface area (Å²) < 4.78 is 68.7. The Hall–Kier alpha value is -1.94. The van der Waals surface area contributed by atoms with Gasteiger partial charge in [-0.05, 0) is 37.5 Å². The van der Waals surface area contributed by atoms with E-state index in [9.17, 15) is 43.2 Å². The van der Waals surface area contributed by atoms with Gasteiger partial charge in [-0.1, -0.05) is 369 Å². The molecular weight excluding hydrogens is 1290 g/mol. The van der Waals surface area contributed by atoms with E-state index in [1.807, 2.05) is 0 Å². The van der Waals surface area contributed by atoms with E-state index in [1.165, 1.54) is 238 Å². The van der Waals surface area contributed by atoms with E-state index in [-0.39, 0.29) is 25.7 Å². The molecule has 0 bridgehead atoms. The van der Waals surface area contributed by atoms with E-state index in [1.54, 1.807) is 0 Å². The Morgan fingerprint density at radius 1 is 0.293 bits per heavy atom. The van der Waals surface area contributed by atoms with E-state index in [4.69, 9.17) is 37.0 Å². The molecule has 0 aromatic rings. The quantitative estimate of drug-likeness (QED) is 0.0222. The number of esters is 4. The Bertz CT molecular complexity index is 1910. The van der Waals surface area contributed by atoms with Gasteiger partial charge in [0, 0.05) is 25.7 Å². The minimum Gasteiger partial charge on any atom is -0.462 e. The highest BCUT2D eigenvalue weighted by molar-refractivity contribution is 7.47. The molecule has 0 aromatic carbocycles. The number of ether oxygens (including phenoxy) is 4. The summed E-state index contributed by atoms with van der Waals surface area (Å²) in [5.74, 6) is -0.532. The number of carbonyl (C=O) groups excluding carboxylic acids is 4. The van der Waals surface area contributed by atoms with Gasteiger partial charge in [0.05, 0.1) is 26.4 Å². The number of phosphoric ester groups is 2. The third-order valence-corrected chi connectivity index (χ3v) is 21.0. The van der Waals surface area contributed by atoms with E-state index in [0.29, 0.717) is 25.7 Å². The standard InChI is InChI=1S/C80H156O17P2/c1-7-10-12-14-16-18-20-21-22-23-24-28-31-34-38-45-51-57-63-78(83)91-68-75(96-79(84)64-58-52-46-39-35-32-29-26-25-27-30-33-36-42-48-54-60-72(4)5)70-94-98(86,87)92-66-74(81)67-93-99(88,89)95-71-76(69-90-77(82)62-56-50-44-37-19-17-15-13-11-8-2)97-80(85)65-59-53-47-41-40-43-49-55-61-73(6)9-3/h72-76,81H,7-71H2,1-6H3,(H,86,87)(H,88,89)/t73?,74-,75-,76-/m1/s1. The van der Waals surface area contributed by atoms with Crippen LogP contribution < -0.4 is 0 Å². The lowest BCUT2D eigenvalue weighted by molar-refractivity contribution is -0.161. The summed E-state index contributed by atoms with van der Waals surface area (Å²) in [6, 6.07) is 0. The molecule has 0 aliphatic carbocycles. The summed E-state index contributed by atoms with van der Waals surface area (Å²) in [6.07, 6.45) is 61.0. The second kappa shape index (κ2) is 71.7. The number of hydrogen-bond acceptors (Lipinski definition) is 15. The van der Waals surface area contributed by atoms with Crippen molar-refractivity contribution in [2.24, 2.45) is 11.8 Å². The highest BCUT2D eigenvalue weighted by Crippen LogP contribution is 2.45. The number of rotatable bonds is 79. The fourth-order valence-electron chi connectivity index (χ4n) is 12.3. The van der Waals surface area contributed by atoms with Gasteiger partial charge in [-0.25, -0.2) is 9.13 Å². The van der Waals surface area contributed by atoms with Gasteiger partial charge in [-0.2, -0.15) is 0 Å². The average molecular weight is 1450 g/mol. The smallest absolute Gasteiger partial charge is 0.462 e. The van der Waals surface area contributed by atoms with Crippen molar-refractivity contribution in [3.63, 3.8) is 0 Å². The van der Waals surface area contributed by atoms with Crippen LogP contribution in [0, 0.1) is 11.8 Å². The molecule has 19 heteroatoms. The first kappa shape index (κ1) is 97.1. The van der Waals surface area contributed by atoms with Gasteiger partial charge in [-0.15, -0.1) is 0 Å². The van der Waals surface area contributed by atoms with Gasteiger partial charge < -0.3 is 33.8 Å². The van der Waals surface area contributed by atoms with Crippen LogP contribution in [-0.4, -0.2) is 96.7 Å². The molecule has 0 fully saturated rings. The van der Waals surface area contributed by atoms with Crippen molar-refractivity contribution in [3.05, 3.63) is 0 Å². The molecular formula is C80H156O17P2. The minimum absolute atomic E-state index is 0.105. The molecule has 588 valence electrons. The monoisotopic (exact) mass is 1450 g/mol. The maximum Gasteiger partial charge on any atom is 0.472 e. The molecule has 0 amide bonds. The Morgan fingerprint density at radius 2 is 0.515 bits per heavy atom. The maximum atomic E-state index is 13.1. The summed E-state index contributed by atoms with van der Waals surface area (Å²) >= 11 is 0. The fourth-order valence-corrected chi connectivity index (χ4v) is 13.9. The maximum absolute atomic E-state index is 13.1. The highest BCUT2D eigenvalue weighted by atomic mass is 31.2. The van der Waals surface area contributed by atoms with Crippen LogP contribution in [0.5, 0.6) is 0 Å². The van der Waals surface area contributed by atoms with Crippen molar-refractivity contribution >= 4 is 39.5 Å². The van der Waals surface area contributed by atoms with Gasteiger partial charge in [0.25, 0.3) is 0 Å². The predicted molar refractivity (Wildman–Crippen MR) is 405 cm³/mol. The van der Waals surface area contributed by atoms with Crippen LogP contribution in [-0.2, 0) is 65.4 Å². The van der Waals surface area contributed by atoms with Crippen LogP contribution in [0.25, 0.3) is 0 Å². The van der Waals surface area contributed by atoms with Crippen molar-refractivity contribution < 1.29 is 80.2 Å². The van der Waals surface area contributed by atoms with E-state index in [0.717, 1.165) is 102 Å². The largest absolute Gasteiger partial charge is 0.472 e. The molecule has 0 aliphatic rings. The lowest BCUT2D eigenvalue weighted by atomic mass is 9.99. The molecule has 0 heterocycles. The Morgan fingerprint density at radius 3 is 0.768 bits per heavy atom. The molecule has 0 saturated heterocycles. The minimum atomic E-state index is -4.96. The van der Waals surface area contributed by atoms with Crippen LogP contribution in [0.15, 0.2) is 0 Å². The second-order valence-corrected chi connectivity index (χ2v) is 32.4. The Kier molecular flexibility index (Phi) is 70.3. The van der Waals surface area contributed by atoms with Crippen molar-refractivity contribution in [2.45, 2.75) is 439 Å². The topological polar surface area (TPSA) is 237 Å². The second-order valence-electron chi connectivity index (χ2n) is 29.5. The molecule has 0 aliphatic heterocycles. The number of phosphoric acid groups is 2. The van der Waals surface area contributed by atoms with Gasteiger partial charge in [0.1, 0.15) is 19.3 Å². The number of hydrogen-bond donors (Lipinski definition) is 3. The van der Waals surface area contributed by atoms with Gasteiger partial charge in [-0.3, -0.25) is 37.3 Å². The normalized spacial score (nSPS) is 14.2. The lowest BCUT2D eigenvalue weighted by Crippen LogP contribution is -2.30. The van der Waals surface area contributed by atoms with Crippen LogP contribution in [0.1, 0.15) is 420 Å². The first-order valence-corrected chi connectivity index (χ1v) is 44.5. The lowest BCUT2D eigenvalue weighted by Gasteiger charge is -2.21. The summed E-state index contributed by atoms with van der Waals surface area (Å²) in [5.41, 5.74) is 0. The van der Waals surface area contributed by atoms with Crippen LogP contribution in [0.4, 0.5) is 0 Å². The van der Waals surface area contributed by atoms with E-state index in [2.05, 4.69) is 41.5 Å². The number of aliphatic hydroxyl groups is 1. The third kappa shape index (κ3) is 72.8. The molecule has 0 rings (SSSR count). The number of aliphatic hydroxyl groups excluding tert-OH is 1. The molecule has 3 unspecified atom stereocenters. The molecule has 0 spiro atoms. The summed E-state index contributed by atoms with van der Waals surface area (Å²) in [7, 11) is -9.92. The summed E-state index contributed by atoms with van der Waals surface area (Å²) in [4.78, 5) is 72.9. The van der Waals surface area contributed by atoms with Crippen molar-refractivity contribution in [2.75, 3.05) is 39.6 Å². The number of unbranched alkanes of at least 4 members (excludes halogenated alkanes) is 48. The van der Waals surface area contributed by atoms with Crippen molar-refractivity contribution in [1.82, 2.24) is 0 Å². The average Bonchev–Trinajstić information content (AvgIpc) is 1.01. The first-order valence-electron chi connectivity index (χ1n) is 41.5. The zero-order chi connectivity index (χ0) is 72.8. The predicted octanol–water partition coefficient (Wildman–Crippen LogP) is 23.9. The van der Waals surface area contributed by atoms with E-state index < -0.39 is 97.5 Å². The summed E-state index contributed by atoms with van der Waals surface area (Å²) in [5, 5.41) is 10.6. The van der Waals surface area contributed by atoms with Gasteiger partial charge >= 0.3 is 39.5 Å². The Balaban J connectivity index is 5.23. The molecule has 17 nitrogen and oxygen atoms in total. The molecule has 3 N–H and O–H groups in total. The molecule has 0 radical (unpaired) electrons. The zero-order valence-corrected chi connectivity index (χ0v) is 66.6. The van der Waals surface area contributed by atoms with Gasteiger partial charge in [0.15, 0.2) is 12.2 Å². The SMILES string of the molecule is CCCCCCCCCCCCCCCCCCCCC(=O)OC[C@H](COP(=O)(O)OC[C@@H](O)COP(=O)(O)OC[C@@H](COC(=O)CCCCCCCCCCCC)OC(=O)CCCCCCCCCCC(C)CC)OC(=O)CCCCCCCCCCCCCCCCCCC(C)C. The molecule has 99 heavy (non-hydrogen) atoms. The highest BCUT2D eigenvalue weighted by Gasteiger charge is 2.30. The van der Waals surface area contributed by atoms with Crippen LogP contribution >= 0.6 is 15.6 Å². The Labute approximate surface area is 607 Å². The summed E-state index contributed by atoms with van der Waals surface area (Å²) in [6.45, 7) is 9.65. The van der Waals surface area contributed by atoms with Crippen LogP contribution in [0.3, 0.4) is 0 Å². The molecule has 0 aromatic heterocycles. The van der Waals surface area contributed by atoms with Crippen LogP contribution in [0.2, 0.25) is 0 Å². The first-order chi connectivity index (χ1) is 47.9. The van der Waals surface area contributed by atoms with Gasteiger partial charge in [0.2, 0.25) is 0 Å². The third-order valence-electron chi connectivity index (χ3n) is 19.1. The fraction of sp³-hybridized carbons (Fsp3) is 0.950. The van der Waals surface area contributed by atoms with E-state index >= 15 is 0 Å².